The molecule has 5 heteroatoms. The summed E-state index contributed by atoms with van der Waals surface area (Å²) in [4.78, 5) is 4.48. The predicted molar refractivity (Wildman–Crippen MR) is 169 cm³/mol. The van der Waals surface area contributed by atoms with Crippen molar-refractivity contribution in [3.05, 3.63) is 152 Å². The minimum atomic E-state index is 0.724. The second-order valence-electron chi connectivity index (χ2n) is 10.1. The Morgan fingerprint density at radius 2 is 1.17 bits per heavy atom. The van der Waals surface area contributed by atoms with Crippen LogP contribution in [0.1, 0.15) is 0 Å². The third kappa shape index (κ3) is 4.88. The quantitative estimate of drug-likeness (QED) is 0.201. The van der Waals surface area contributed by atoms with Crippen molar-refractivity contribution in [2.45, 2.75) is 0 Å². The van der Waals surface area contributed by atoms with E-state index in [0.717, 1.165) is 62.2 Å². The van der Waals surface area contributed by atoms with E-state index < -0.39 is 0 Å². The van der Waals surface area contributed by atoms with Crippen LogP contribution in [0.2, 0.25) is 0 Å². The minimum Gasteiger partial charge on any atom is -0.457 e. The van der Waals surface area contributed by atoms with Crippen LogP contribution >= 0.6 is 0 Å². The first kappa shape index (κ1) is 25.3. The lowest BCUT2D eigenvalue weighted by molar-refractivity contribution is 0.482. The molecular weight excluding hydrogens is 516 g/mol. The van der Waals surface area contributed by atoms with Crippen LogP contribution in [0.3, 0.4) is 0 Å². The van der Waals surface area contributed by atoms with Gasteiger partial charge in [0.1, 0.15) is 23.0 Å². The van der Waals surface area contributed by atoms with Crippen LogP contribution in [0, 0.1) is 0 Å². The van der Waals surface area contributed by atoms with E-state index >= 15 is 0 Å². The summed E-state index contributed by atoms with van der Waals surface area (Å²) < 4.78 is 10.4. The molecule has 0 aliphatic carbocycles. The molecular formula is C37H28N4O. The number of aryl methyl sites for hydroxylation is 1. The number of hydrogen-bond acceptors (Lipinski definition) is 3. The molecule has 2 aromatic heterocycles. The second-order valence-corrected chi connectivity index (χ2v) is 10.1. The average Bonchev–Trinajstić information content (AvgIpc) is 3.67. The molecule has 5 nitrogen and oxygen atoms in total. The van der Waals surface area contributed by atoms with E-state index in [-0.39, 0.29) is 0 Å². The summed E-state index contributed by atoms with van der Waals surface area (Å²) in [6.07, 6.45) is 3.74. The smallest absolute Gasteiger partial charge is 0.139 e. The van der Waals surface area contributed by atoms with Gasteiger partial charge in [0.25, 0.3) is 0 Å². The molecule has 0 saturated heterocycles. The Hall–Kier alpha value is -5.68. The fourth-order valence-electron chi connectivity index (χ4n) is 5.30. The topological polar surface area (TPSA) is 44.9 Å². The number of hydrogen-bond donors (Lipinski definition) is 0. The van der Waals surface area contributed by atoms with E-state index in [1.54, 1.807) is 6.20 Å². The zero-order valence-corrected chi connectivity index (χ0v) is 23.1. The van der Waals surface area contributed by atoms with Gasteiger partial charge >= 0.3 is 0 Å². The third-order valence-electron chi connectivity index (χ3n) is 7.25. The van der Waals surface area contributed by atoms with Crippen LogP contribution in [0.4, 0.5) is 0 Å². The minimum absolute atomic E-state index is 0.724. The van der Waals surface area contributed by atoms with E-state index in [1.807, 2.05) is 83.2 Å². The molecule has 7 rings (SSSR count). The number of rotatable bonds is 7. The standard InChI is InChI=1S/C37H28N4O/c1-40-24-23-38-37(40)30-19-11-21-32(25-30)42-33-22-12-20-31(26-33)41-36(29-17-9-4-10-18-29)34(27-13-5-2-6-14-27)35(39-41)28-15-7-3-8-16-28/h2-26H,1H3. The molecule has 0 aliphatic heterocycles. The van der Waals surface area contributed by atoms with Gasteiger partial charge in [0.2, 0.25) is 0 Å². The van der Waals surface area contributed by atoms with Gasteiger partial charge < -0.3 is 9.30 Å². The number of benzene rings is 5. The first-order valence-electron chi connectivity index (χ1n) is 13.9. The van der Waals surface area contributed by atoms with Gasteiger partial charge in [-0.05, 0) is 29.8 Å². The molecule has 0 bridgehead atoms. The summed E-state index contributed by atoms with van der Waals surface area (Å²) in [5.74, 6) is 2.35. The zero-order chi connectivity index (χ0) is 28.3. The van der Waals surface area contributed by atoms with Gasteiger partial charge in [0.15, 0.2) is 0 Å². The molecule has 42 heavy (non-hydrogen) atoms. The summed E-state index contributed by atoms with van der Waals surface area (Å²) >= 11 is 0. The highest BCUT2D eigenvalue weighted by molar-refractivity contribution is 5.92. The Balaban J connectivity index is 1.37. The van der Waals surface area contributed by atoms with E-state index in [4.69, 9.17) is 9.84 Å². The summed E-state index contributed by atoms with van der Waals surface area (Å²) in [7, 11) is 1.99. The number of ether oxygens (including phenoxy) is 1. The number of nitrogens with zero attached hydrogens (tertiary/aromatic N) is 4. The number of aromatic nitrogens is 4. The predicted octanol–water partition coefficient (Wildman–Crippen LogP) is 9.07. The van der Waals surface area contributed by atoms with Gasteiger partial charge in [-0.3, -0.25) is 0 Å². The molecule has 0 saturated carbocycles. The maximum absolute atomic E-state index is 6.39. The summed E-state index contributed by atoms with van der Waals surface area (Å²) in [5, 5.41) is 5.26. The molecule has 2 heterocycles. The van der Waals surface area contributed by atoms with Crippen LogP contribution in [-0.2, 0) is 7.05 Å². The molecule has 0 radical (unpaired) electrons. The fourth-order valence-corrected chi connectivity index (χ4v) is 5.30. The van der Waals surface area contributed by atoms with Crippen LogP contribution in [0.15, 0.2) is 152 Å². The van der Waals surface area contributed by atoms with Gasteiger partial charge in [0, 0.05) is 47.8 Å². The van der Waals surface area contributed by atoms with Crippen LogP contribution in [0.25, 0.3) is 50.7 Å². The van der Waals surface area contributed by atoms with E-state index in [2.05, 4.69) is 83.8 Å². The van der Waals surface area contributed by atoms with Gasteiger partial charge in [0.05, 0.1) is 11.4 Å². The van der Waals surface area contributed by atoms with Crippen molar-refractivity contribution in [1.82, 2.24) is 19.3 Å². The molecule has 0 N–H and O–H groups in total. The van der Waals surface area contributed by atoms with Gasteiger partial charge in [-0.2, -0.15) is 5.10 Å². The monoisotopic (exact) mass is 544 g/mol. The summed E-state index contributed by atoms with van der Waals surface area (Å²) in [6, 6.07) is 47.4. The Morgan fingerprint density at radius 1 is 0.571 bits per heavy atom. The summed E-state index contributed by atoms with van der Waals surface area (Å²) in [6.45, 7) is 0. The van der Waals surface area contributed by atoms with Gasteiger partial charge in [-0.15, -0.1) is 0 Å². The molecule has 7 aromatic rings. The average molecular weight is 545 g/mol. The molecule has 0 fully saturated rings. The first-order valence-corrected chi connectivity index (χ1v) is 13.9. The lowest BCUT2D eigenvalue weighted by Gasteiger charge is -2.13. The first-order chi connectivity index (χ1) is 20.7. The van der Waals surface area contributed by atoms with E-state index in [9.17, 15) is 0 Å². The van der Waals surface area contributed by atoms with Crippen molar-refractivity contribution in [2.75, 3.05) is 0 Å². The lowest BCUT2D eigenvalue weighted by atomic mass is 9.96. The van der Waals surface area contributed by atoms with Gasteiger partial charge in [-0.1, -0.05) is 109 Å². The molecule has 0 unspecified atom stereocenters. The second kappa shape index (κ2) is 11.1. The van der Waals surface area contributed by atoms with Crippen LogP contribution in [-0.4, -0.2) is 19.3 Å². The van der Waals surface area contributed by atoms with Crippen molar-refractivity contribution in [3.63, 3.8) is 0 Å². The van der Waals surface area contributed by atoms with Crippen molar-refractivity contribution in [3.8, 4) is 62.2 Å². The highest BCUT2D eigenvalue weighted by atomic mass is 16.5. The Kier molecular flexibility index (Phi) is 6.66. The normalized spacial score (nSPS) is 11.0. The van der Waals surface area contributed by atoms with Crippen LogP contribution < -0.4 is 4.74 Å². The Morgan fingerprint density at radius 3 is 1.83 bits per heavy atom. The molecule has 0 spiro atoms. The maximum Gasteiger partial charge on any atom is 0.139 e. The summed E-state index contributed by atoms with van der Waals surface area (Å²) in [5.41, 5.74) is 8.19. The number of imidazole rings is 1. The molecule has 0 atom stereocenters. The zero-order valence-electron chi connectivity index (χ0n) is 23.1. The van der Waals surface area contributed by atoms with Crippen molar-refractivity contribution >= 4 is 0 Å². The SMILES string of the molecule is Cn1ccnc1-c1cccc(Oc2cccc(-n3nc(-c4ccccc4)c(-c4ccccc4)c3-c3ccccc3)c2)c1. The molecule has 0 aliphatic rings. The fraction of sp³-hybridized carbons (Fsp3) is 0.0270. The Labute approximate surface area is 244 Å². The maximum atomic E-state index is 6.39. The lowest BCUT2D eigenvalue weighted by Crippen LogP contribution is -2.00. The largest absolute Gasteiger partial charge is 0.457 e. The van der Waals surface area contributed by atoms with Crippen molar-refractivity contribution in [2.24, 2.45) is 7.05 Å². The Bertz CT molecular complexity index is 1960. The van der Waals surface area contributed by atoms with Crippen molar-refractivity contribution < 1.29 is 4.74 Å². The molecule has 202 valence electrons. The van der Waals surface area contributed by atoms with E-state index in [1.165, 1.54) is 0 Å². The highest BCUT2D eigenvalue weighted by Gasteiger charge is 2.23. The van der Waals surface area contributed by atoms with Crippen LogP contribution in [0.5, 0.6) is 11.5 Å². The van der Waals surface area contributed by atoms with Gasteiger partial charge in [-0.25, -0.2) is 9.67 Å². The van der Waals surface area contributed by atoms with Crippen molar-refractivity contribution in [1.29, 1.82) is 0 Å². The molecule has 5 aromatic carbocycles. The highest BCUT2D eigenvalue weighted by Crippen LogP contribution is 2.41. The molecule has 0 amide bonds. The van der Waals surface area contributed by atoms with E-state index in [0.29, 0.717) is 0 Å². The third-order valence-corrected chi connectivity index (χ3v) is 7.25.